The molecular weight excluding hydrogens is 406 g/mol. The number of ether oxygens (including phenoxy) is 1. The van der Waals surface area contributed by atoms with Crippen molar-refractivity contribution in [1.82, 2.24) is 0 Å². The normalized spacial score (nSPS) is 27.8. The molecule has 33 heavy (non-hydrogen) atoms. The van der Waals surface area contributed by atoms with Crippen LogP contribution in [0.5, 0.6) is 0 Å². The van der Waals surface area contributed by atoms with E-state index in [1.807, 2.05) is 37.3 Å². The average Bonchev–Trinajstić information content (AvgIpc) is 2.73. The molecule has 0 heterocycles. The van der Waals surface area contributed by atoms with Gasteiger partial charge in [-0.2, -0.15) is 0 Å². The maximum atomic E-state index is 12.1. The van der Waals surface area contributed by atoms with Crippen molar-refractivity contribution in [3.05, 3.63) is 53.6 Å². The average molecular weight is 452 g/mol. The Hall–Kier alpha value is -2.03. The zero-order valence-electron chi connectivity index (χ0n) is 21.7. The smallest absolute Gasteiger partial charge is 0.411 e. The molecule has 4 atom stereocenters. The van der Waals surface area contributed by atoms with Gasteiger partial charge < -0.3 is 4.74 Å². The topological polar surface area (TPSA) is 38.3 Å². The first kappa shape index (κ1) is 25.6. The first-order valence-corrected chi connectivity index (χ1v) is 13.0. The van der Waals surface area contributed by atoms with Gasteiger partial charge in [0, 0.05) is 5.69 Å². The van der Waals surface area contributed by atoms with Gasteiger partial charge in [-0.1, -0.05) is 68.7 Å². The molecule has 0 spiro atoms. The summed E-state index contributed by atoms with van der Waals surface area (Å²) in [5.41, 5.74) is 4.73. The highest BCUT2D eigenvalue weighted by molar-refractivity contribution is 5.84. The Labute approximate surface area is 202 Å². The number of para-hydroxylation sites is 1. The van der Waals surface area contributed by atoms with E-state index in [-0.39, 0.29) is 12.2 Å². The lowest BCUT2D eigenvalue weighted by atomic mass is 9.48. The number of hydrogen-bond acceptors (Lipinski definition) is 2. The van der Waals surface area contributed by atoms with Crippen LogP contribution in [0, 0.1) is 22.7 Å². The van der Waals surface area contributed by atoms with Crippen molar-refractivity contribution < 1.29 is 9.53 Å². The van der Waals surface area contributed by atoms with E-state index in [9.17, 15) is 4.79 Å². The van der Waals surface area contributed by atoms with Crippen molar-refractivity contribution in [3.63, 3.8) is 0 Å². The number of rotatable bonds is 8. The number of amides is 1. The fourth-order valence-corrected chi connectivity index (χ4v) is 6.64. The monoisotopic (exact) mass is 451 g/mol. The van der Waals surface area contributed by atoms with Crippen molar-refractivity contribution >= 4 is 11.8 Å². The van der Waals surface area contributed by atoms with Gasteiger partial charge in [-0.3, -0.25) is 5.32 Å². The van der Waals surface area contributed by atoms with Crippen molar-refractivity contribution in [3.8, 4) is 0 Å². The lowest BCUT2D eigenvalue weighted by Crippen LogP contribution is -2.48. The third-order valence-corrected chi connectivity index (χ3v) is 8.52. The first-order valence-electron chi connectivity index (χ1n) is 13.0. The van der Waals surface area contributed by atoms with E-state index in [2.05, 4.69) is 52.1 Å². The minimum atomic E-state index is -0.382. The lowest BCUT2D eigenvalue weighted by Gasteiger charge is -2.57. The number of carbonyl (C=O) groups excluding carboxylic acids is 1. The fraction of sp³-hybridized carbons (Fsp3) is 0.633. The summed E-state index contributed by atoms with van der Waals surface area (Å²) in [5, 5.41) is 2.78. The van der Waals surface area contributed by atoms with Crippen molar-refractivity contribution in [1.29, 1.82) is 0 Å². The minimum absolute atomic E-state index is 0.106. The quantitative estimate of drug-likeness (QED) is 0.401. The van der Waals surface area contributed by atoms with Gasteiger partial charge in [-0.25, -0.2) is 4.79 Å². The SMILES string of the molecule is CC1=CC[C@@H]2C(C)(C)CCC[C@]2(C)[C@@H]1CC/C(C)=C/CC[C@H](C)OC(=O)Nc1ccccc1. The molecule has 3 rings (SSSR count). The van der Waals surface area contributed by atoms with Gasteiger partial charge in [0.25, 0.3) is 0 Å². The molecule has 2 aliphatic rings. The molecule has 1 fully saturated rings. The minimum Gasteiger partial charge on any atom is -0.446 e. The van der Waals surface area contributed by atoms with Crippen LogP contribution in [0.25, 0.3) is 0 Å². The Bertz CT molecular complexity index is 853. The number of hydrogen-bond donors (Lipinski definition) is 1. The Kier molecular flexibility index (Phi) is 8.48. The van der Waals surface area contributed by atoms with E-state index in [0.29, 0.717) is 16.7 Å². The third-order valence-electron chi connectivity index (χ3n) is 8.52. The van der Waals surface area contributed by atoms with E-state index in [1.165, 1.54) is 37.7 Å². The first-order chi connectivity index (χ1) is 15.6. The molecule has 0 radical (unpaired) electrons. The summed E-state index contributed by atoms with van der Waals surface area (Å²) in [6, 6.07) is 9.43. The fourth-order valence-electron chi connectivity index (χ4n) is 6.64. The molecular formula is C30H45NO2. The standard InChI is InChI=1S/C30H45NO2/c1-22(12-10-13-24(3)33-28(32)31-25-14-8-7-9-15-25)16-18-26-23(2)17-19-27-29(4,5)20-11-21-30(26,27)6/h7-9,12,14-15,17,24,26-27H,10-11,13,16,18-21H2,1-6H3,(H,31,32)/b22-12+/t24-,26+,27+,30+/m0/s1. The van der Waals surface area contributed by atoms with E-state index < -0.39 is 0 Å². The van der Waals surface area contributed by atoms with Crippen LogP contribution >= 0.6 is 0 Å². The highest BCUT2D eigenvalue weighted by atomic mass is 16.6. The second kappa shape index (κ2) is 10.9. The molecule has 182 valence electrons. The van der Waals surface area contributed by atoms with E-state index in [4.69, 9.17) is 4.74 Å². The summed E-state index contributed by atoms with van der Waals surface area (Å²) in [6.45, 7) is 14.2. The van der Waals surface area contributed by atoms with E-state index >= 15 is 0 Å². The third kappa shape index (κ3) is 6.52. The van der Waals surface area contributed by atoms with Crippen molar-refractivity contribution in [2.24, 2.45) is 22.7 Å². The molecule has 1 saturated carbocycles. The molecule has 1 aromatic carbocycles. The molecule has 0 aromatic heterocycles. The summed E-state index contributed by atoms with van der Waals surface area (Å²) >= 11 is 0. The zero-order chi connectivity index (χ0) is 24.1. The number of carbonyl (C=O) groups is 1. The predicted octanol–water partition coefficient (Wildman–Crippen LogP) is 8.93. The van der Waals surface area contributed by atoms with Crippen LogP contribution in [0.15, 0.2) is 53.6 Å². The summed E-state index contributed by atoms with van der Waals surface area (Å²) < 4.78 is 5.51. The molecule has 2 aliphatic carbocycles. The lowest BCUT2D eigenvalue weighted by molar-refractivity contribution is -0.0390. The second-order valence-corrected chi connectivity index (χ2v) is 11.5. The van der Waals surface area contributed by atoms with Crippen LogP contribution in [0.4, 0.5) is 10.5 Å². The molecule has 1 amide bonds. The summed E-state index contributed by atoms with van der Waals surface area (Å²) in [7, 11) is 0. The zero-order valence-corrected chi connectivity index (χ0v) is 21.7. The van der Waals surface area contributed by atoms with Gasteiger partial charge in [0.05, 0.1) is 0 Å². The van der Waals surface area contributed by atoms with Gasteiger partial charge in [-0.15, -0.1) is 0 Å². The number of fused-ring (bicyclic) bond motifs is 1. The van der Waals surface area contributed by atoms with Crippen LogP contribution in [0.2, 0.25) is 0 Å². The Morgan fingerprint density at radius 3 is 2.67 bits per heavy atom. The van der Waals surface area contributed by atoms with Crippen LogP contribution < -0.4 is 5.32 Å². The maximum absolute atomic E-state index is 12.1. The second-order valence-electron chi connectivity index (χ2n) is 11.5. The Balaban J connectivity index is 1.46. The van der Waals surface area contributed by atoms with Crippen molar-refractivity contribution in [2.45, 2.75) is 99.0 Å². The highest BCUT2D eigenvalue weighted by Gasteiger charge is 2.51. The van der Waals surface area contributed by atoms with Gasteiger partial charge in [-0.05, 0) is 101 Å². The molecule has 3 nitrogen and oxygen atoms in total. The summed E-state index contributed by atoms with van der Waals surface area (Å²) in [5.74, 6) is 1.50. The van der Waals surface area contributed by atoms with Crippen LogP contribution in [-0.2, 0) is 4.74 Å². The Morgan fingerprint density at radius 1 is 1.21 bits per heavy atom. The number of nitrogens with one attached hydrogen (secondary N) is 1. The van der Waals surface area contributed by atoms with Gasteiger partial charge in [0.1, 0.15) is 6.10 Å². The van der Waals surface area contributed by atoms with Crippen LogP contribution in [0.3, 0.4) is 0 Å². The molecule has 3 heteroatoms. The number of benzene rings is 1. The largest absolute Gasteiger partial charge is 0.446 e. The highest BCUT2D eigenvalue weighted by Crippen LogP contribution is 2.60. The molecule has 0 saturated heterocycles. The molecule has 1 N–H and O–H groups in total. The summed E-state index contributed by atoms with van der Waals surface area (Å²) in [6.07, 6.45) is 14.0. The number of anilines is 1. The molecule has 0 aliphatic heterocycles. The molecule has 0 bridgehead atoms. The van der Waals surface area contributed by atoms with Gasteiger partial charge >= 0.3 is 6.09 Å². The van der Waals surface area contributed by atoms with Crippen molar-refractivity contribution in [2.75, 3.05) is 5.32 Å². The van der Waals surface area contributed by atoms with E-state index in [0.717, 1.165) is 30.9 Å². The number of allylic oxidation sites excluding steroid dienone is 4. The van der Waals surface area contributed by atoms with Crippen LogP contribution in [0.1, 0.15) is 92.9 Å². The van der Waals surface area contributed by atoms with Gasteiger partial charge in [0.15, 0.2) is 0 Å². The predicted molar refractivity (Wildman–Crippen MR) is 139 cm³/mol. The van der Waals surface area contributed by atoms with Crippen LogP contribution in [-0.4, -0.2) is 12.2 Å². The van der Waals surface area contributed by atoms with E-state index in [1.54, 1.807) is 5.57 Å². The maximum Gasteiger partial charge on any atom is 0.411 e. The summed E-state index contributed by atoms with van der Waals surface area (Å²) in [4.78, 5) is 12.1. The van der Waals surface area contributed by atoms with Gasteiger partial charge in [0.2, 0.25) is 0 Å². The molecule has 0 unspecified atom stereocenters. The Morgan fingerprint density at radius 2 is 1.94 bits per heavy atom. The molecule has 1 aromatic rings.